The maximum atomic E-state index is 6.82. The Kier molecular flexibility index (Phi) is 1.76. The summed E-state index contributed by atoms with van der Waals surface area (Å²) in [4.78, 5) is 0. The molecular weight excluding hydrogens is 104 g/mol. The van der Waals surface area contributed by atoms with E-state index in [0.29, 0.717) is 0 Å². The van der Waals surface area contributed by atoms with Crippen LogP contribution in [-0.4, -0.2) is 11.5 Å². The van der Waals surface area contributed by atoms with Gasteiger partial charge in [0.25, 0.3) is 0 Å². The lowest BCUT2D eigenvalue weighted by atomic mass is 10.3. The van der Waals surface area contributed by atoms with Crippen LogP contribution in [0.15, 0.2) is 12.3 Å². The van der Waals surface area contributed by atoms with Crippen molar-refractivity contribution in [3.05, 3.63) is 12.3 Å². The summed E-state index contributed by atoms with van der Waals surface area (Å²) in [5, 5.41) is 13.5. The Labute approximate surface area is 47.2 Å². The lowest BCUT2D eigenvalue weighted by Crippen LogP contribution is -2.25. The van der Waals surface area contributed by atoms with Gasteiger partial charge in [-0.3, -0.25) is 10.8 Å². The van der Waals surface area contributed by atoms with Crippen LogP contribution in [0.25, 0.3) is 0 Å². The first kappa shape index (κ1) is 6.68. The van der Waals surface area contributed by atoms with Crippen molar-refractivity contribution >= 4 is 11.5 Å². The van der Waals surface area contributed by atoms with Gasteiger partial charge in [-0.15, -0.1) is 0 Å². The van der Waals surface area contributed by atoms with Crippen LogP contribution in [-0.2, 0) is 0 Å². The highest BCUT2D eigenvalue weighted by Crippen LogP contribution is 1.78. The van der Waals surface area contributed by atoms with E-state index < -0.39 is 0 Å². The molecule has 44 valence electrons. The molecule has 0 rings (SSSR count). The van der Waals surface area contributed by atoms with Crippen LogP contribution in [0.4, 0.5) is 0 Å². The first-order valence-electron chi connectivity index (χ1n) is 1.93. The number of amidine groups is 1. The Morgan fingerprint density at radius 2 is 1.62 bits per heavy atom. The molecule has 6 N–H and O–H groups in total. The summed E-state index contributed by atoms with van der Waals surface area (Å²) in [6.45, 7) is 3.21. The van der Waals surface area contributed by atoms with Crippen LogP contribution in [0.1, 0.15) is 0 Å². The quantitative estimate of drug-likeness (QED) is 0.283. The standard InChI is InChI=1S/C4H8N4/c1-2(5)3(6)4(7)8/h6H,1,5H2,(H3,7,8). The molecule has 0 unspecified atom stereocenters. The molecule has 0 saturated carbocycles. The Bertz CT molecular complexity index is 130. The Morgan fingerprint density at radius 3 is 1.62 bits per heavy atom. The first-order chi connectivity index (χ1) is 3.55. The molecule has 0 radical (unpaired) electrons. The second-order valence-electron chi connectivity index (χ2n) is 1.31. The second-order valence-corrected chi connectivity index (χ2v) is 1.31. The highest BCUT2D eigenvalue weighted by molar-refractivity contribution is 6.44. The highest BCUT2D eigenvalue weighted by atomic mass is 14.8. The molecule has 0 aromatic rings. The molecule has 0 spiro atoms. The topological polar surface area (TPSA) is 99.7 Å². The Hall–Kier alpha value is -1.32. The van der Waals surface area contributed by atoms with E-state index in [1.165, 1.54) is 0 Å². The van der Waals surface area contributed by atoms with E-state index in [1.807, 2.05) is 0 Å². The molecule has 0 aliphatic rings. The van der Waals surface area contributed by atoms with Crippen molar-refractivity contribution in [2.24, 2.45) is 11.5 Å². The van der Waals surface area contributed by atoms with Crippen LogP contribution < -0.4 is 11.5 Å². The van der Waals surface area contributed by atoms with Gasteiger partial charge in [0.1, 0.15) is 11.5 Å². The molecule has 0 atom stereocenters. The van der Waals surface area contributed by atoms with E-state index in [4.69, 9.17) is 22.3 Å². The summed E-state index contributed by atoms with van der Waals surface area (Å²) >= 11 is 0. The lowest BCUT2D eigenvalue weighted by Gasteiger charge is -1.95. The first-order valence-corrected chi connectivity index (χ1v) is 1.93. The van der Waals surface area contributed by atoms with Gasteiger partial charge in [0.15, 0.2) is 0 Å². The molecule has 0 aliphatic heterocycles. The molecule has 0 aromatic carbocycles. The summed E-state index contributed by atoms with van der Waals surface area (Å²) in [6.07, 6.45) is 0. The number of hydrogen-bond donors (Lipinski definition) is 4. The molecule has 0 saturated heterocycles. The van der Waals surface area contributed by atoms with E-state index in [0.717, 1.165) is 0 Å². The third-order valence-corrected chi connectivity index (χ3v) is 0.590. The zero-order valence-electron chi connectivity index (χ0n) is 4.36. The number of nitrogens with two attached hydrogens (primary N) is 2. The van der Waals surface area contributed by atoms with Crippen LogP contribution >= 0.6 is 0 Å². The fraction of sp³-hybridized carbons (Fsp3) is 0. The minimum atomic E-state index is -0.350. The fourth-order valence-corrected chi connectivity index (χ4v) is 0.173. The average molecular weight is 112 g/mol. The van der Waals surface area contributed by atoms with Crippen LogP contribution in [0.3, 0.4) is 0 Å². The fourth-order valence-electron chi connectivity index (χ4n) is 0.173. The van der Waals surface area contributed by atoms with Gasteiger partial charge in [-0.05, 0) is 0 Å². The van der Waals surface area contributed by atoms with Crippen LogP contribution in [0.5, 0.6) is 0 Å². The Balaban J connectivity index is 4.05. The molecule has 0 aliphatic carbocycles. The highest BCUT2D eigenvalue weighted by Gasteiger charge is 1.98. The molecule has 4 heteroatoms. The van der Waals surface area contributed by atoms with Crippen molar-refractivity contribution in [1.29, 1.82) is 10.8 Å². The van der Waals surface area contributed by atoms with Gasteiger partial charge in [0, 0.05) is 0 Å². The van der Waals surface area contributed by atoms with E-state index in [1.54, 1.807) is 0 Å². The van der Waals surface area contributed by atoms with Crippen molar-refractivity contribution in [2.45, 2.75) is 0 Å². The van der Waals surface area contributed by atoms with E-state index >= 15 is 0 Å². The predicted octanol–water partition coefficient (Wildman–Crippen LogP) is -0.585. The van der Waals surface area contributed by atoms with Crippen LogP contribution in [0, 0.1) is 10.8 Å². The maximum Gasteiger partial charge on any atom is 0.143 e. The zero-order chi connectivity index (χ0) is 6.73. The molecule has 0 heterocycles. The largest absolute Gasteiger partial charge is 0.397 e. The van der Waals surface area contributed by atoms with Crippen molar-refractivity contribution in [2.75, 3.05) is 0 Å². The molecule has 4 nitrogen and oxygen atoms in total. The molecule has 0 bridgehead atoms. The van der Waals surface area contributed by atoms with Gasteiger partial charge in [0.2, 0.25) is 0 Å². The SMILES string of the molecule is C=C(N)C(=N)C(=N)N. The molecule has 0 aromatic heterocycles. The van der Waals surface area contributed by atoms with Crippen molar-refractivity contribution in [3.8, 4) is 0 Å². The minimum Gasteiger partial charge on any atom is -0.397 e. The van der Waals surface area contributed by atoms with Gasteiger partial charge in [0.05, 0.1) is 5.70 Å². The smallest absolute Gasteiger partial charge is 0.143 e. The monoisotopic (exact) mass is 112 g/mol. The summed E-state index contributed by atoms with van der Waals surface area (Å²) < 4.78 is 0. The number of nitrogens with one attached hydrogen (secondary N) is 2. The summed E-state index contributed by atoms with van der Waals surface area (Å²) in [5.41, 5.74) is 9.67. The lowest BCUT2D eigenvalue weighted by molar-refractivity contribution is 1.39. The van der Waals surface area contributed by atoms with Gasteiger partial charge in [-0.25, -0.2) is 0 Å². The summed E-state index contributed by atoms with van der Waals surface area (Å²) in [7, 11) is 0. The number of hydrogen-bond acceptors (Lipinski definition) is 3. The van der Waals surface area contributed by atoms with Crippen molar-refractivity contribution < 1.29 is 0 Å². The van der Waals surface area contributed by atoms with Crippen molar-refractivity contribution in [3.63, 3.8) is 0 Å². The van der Waals surface area contributed by atoms with Gasteiger partial charge < -0.3 is 11.5 Å². The normalized spacial score (nSPS) is 8.00. The summed E-state index contributed by atoms with van der Waals surface area (Å²) in [5.74, 6) is -0.350. The molecular formula is C4H8N4. The zero-order valence-corrected chi connectivity index (χ0v) is 4.36. The Morgan fingerprint density at radius 1 is 1.25 bits per heavy atom. The molecule has 8 heavy (non-hydrogen) atoms. The molecule has 0 fully saturated rings. The third kappa shape index (κ3) is 1.42. The maximum absolute atomic E-state index is 6.82. The third-order valence-electron chi connectivity index (χ3n) is 0.590. The number of rotatable bonds is 2. The second kappa shape index (κ2) is 2.11. The van der Waals surface area contributed by atoms with E-state index in [9.17, 15) is 0 Å². The van der Waals surface area contributed by atoms with Crippen molar-refractivity contribution in [1.82, 2.24) is 0 Å². The average Bonchev–Trinajstić information content (AvgIpc) is 1.64. The molecule has 0 amide bonds. The van der Waals surface area contributed by atoms with Gasteiger partial charge in [-0.2, -0.15) is 0 Å². The van der Waals surface area contributed by atoms with Gasteiger partial charge in [-0.1, -0.05) is 6.58 Å². The van der Waals surface area contributed by atoms with Gasteiger partial charge >= 0.3 is 0 Å². The van der Waals surface area contributed by atoms with E-state index in [2.05, 4.69) is 6.58 Å². The summed E-state index contributed by atoms with van der Waals surface area (Å²) in [6, 6.07) is 0. The minimum absolute atomic E-state index is 0.0255. The van der Waals surface area contributed by atoms with Crippen LogP contribution in [0.2, 0.25) is 0 Å². The predicted molar refractivity (Wildman–Crippen MR) is 33.0 cm³/mol. The van der Waals surface area contributed by atoms with E-state index in [-0.39, 0.29) is 17.2 Å².